The van der Waals surface area contributed by atoms with Crippen molar-refractivity contribution in [2.24, 2.45) is 0 Å². The Balaban J connectivity index is 2.26. The molecule has 1 aromatic heterocycles. The van der Waals surface area contributed by atoms with E-state index in [-0.39, 0.29) is 12.5 Å². The summed E-state index contributed by atoms with van der Waals surface area (Å²) < 4.78 is 11.7. The first-order chi connectivity index (χ1) is 9.11. The molecule has 1 rings (SSSR count). The van der Waals surface area contributed by atoms with E-state index < -0.39 is 0 Å². The highest BCUT2D eigenvalue weighted by Gasteiger charge is 2.05. The summed E-state index contributed by atoms with van der Waals surface area (Å²) in [5.74, 6) is 0.327. The molecule has 0 atom stereocenters. The van der Waals surface area contributed by atoms with E-state index in [0.29, 0.717) is 19.0 Å². The van der Waals surface area contributed by atoms with Crippen LogP contribution in [0.1, 0.15) is 0 Å². The summed E-state index contributed by atoms with van der Waals surface area (Å²) in [5.41, 5.74) is 0. The quantitative estimate of drug-likeness (QED) is 0.642. The van der Waals surface area contributed by atoms with Crippen LogP contribution in [0.5, 0.6) is 0 Å². The molecule has 0 bridgehead atoms. The molecule has 0 spiro atoms. The standard InChI is InChI=1S/C12H22N4O3/c1-15(2)6-7-16-5-4-11(14-16)13-12(17)10-19-9-8-18-3/h4-5H,6-10H2,1-3H3,(H,13,14,17). The fourth-order valence-corrected chi connectivity index (χ4v) is 1.34. The molecule has 0 aliphatic carbocycles. The van der Waals surface area contributed by atoms with Crippen molar-refractivity contribution in [2.45, 2.75) is 6.54 Å². The number of rotatable bonds is 9. The lowest BCUT2D eigenvalue weighted by atomic mass is 10.5. The van der Waals surface area contributed by atoms with Gasteiger partial charge in [-0.25, -0.2) is 0 Å². The Morgan fingerprint density at radius 2 is 2.26 bits per heavy atom. The number of carbonyl (C=O) groups excluding carboxylic acids is 1. The van der Waals surface area contributed by atoms with Crippen LogP contribution in [0.3, 0.4) is 0 Å². The average Bonchev–Trinajstić information content (AvgIpc) is 2.80. The Labute approximate surface area is 113 Å². The Morgan fingerprint density at radius 3 is 2.95 bits per heavy atom. The van der Waals surface area contributed by atoms with Crippen molar-refractivity contribution in [3.05, 3.63) is 12.3 Å². The predicted molar refractivity (Wildman–Crippen MR) is 72.1 cm³/mol. The number of amides is 1. The van der Waals surface area contributed by atoms with Crippen LogP contribution in [0.4, 0.5) is 5.82 Å². The van der Waals surface area contributed by atoms with Gasteiger partial charge in [-0.3, -0.25) is 9.48 Å². The van der Waals surface area contributed by atoms with Crippen molar-refractivity contribution in [3.8, 4) is 0 Å². The Morgan fingerprint density at radius 1 is 1.47 bits per heavy atom. The number of nitrogens with one attached hydrogen (secondary N) is 1. The lowest BCUT2D eigenvalue weighted by Crippen LogP contribution is -2.21. The molecule has 108 valence electrons. The van der Waals surface area contributed by atoms with E-state index in [0.717, 1.165) is 13.1 Å². The lowest BCUT2D eigenvalue weighted by Gasteiger charge is -2.08. The van der Waals surface area contributed by atoms with E-state index in [9.17, 15) is 4.79 Å². The predicted octanol–water partition coefficient (Wildman–Crippen LogP) is 0.0462. The van der Waals surface area contributed by atoms with Gasteiger partial charge in [-0.05, 0) is 14.1 Å². The van der Waals surface area contributed by atoms with Crippen LogP contribution in [-0.4, -0.2) is 68.2 Å². The third kappa shape index (κ3) is 6.90. The maximum absolute atomic E-state index is 11.5. The van der Waals surface area contributed by atoms with Gasteiger partial charge in [-0.15, -0.1) is 0 Å². The van der Waals surface area contributed by atoms with Crippen LogP contribution < -0.4 is 5.32 Å². The van der Waals surface area contributed by atoms with Gasteiger partial charge in [-0.2, -0.15) is 5.10 Å². The molecule has 1 heterocycles. The zero-order valence-electron chi connectivity index (χ0n) is 11.8. The van der Waals surface area contributed by atoms with Gasteiger partial charge in [-0.1, -0.05) is 0 Å². The number of nitrogens with zero attached hydrogens (tertiary/aromatic N) is 3. The maximum Gasteiger partial charge on any atom is 0.251 e. The molecule has 0 saturated heterocycles. The van der Waals surface area contributed by atoms with Gasteiger partial charge in [0.1, 0.15) is 6.61 Å². The highest BCUT2D eigenvalue weighted by molar-refractivity contribution is 5.90. The normalized spacial score (nSPS) is 10.9. The molecule has 1 aromatic rings. The van der Waals surface area contributed by atoms with E-state index in [1.165, 1.54) is 0 Å². The molecule has 0 unspecified atom stereocenters. The van der Waals surface area contributed by atoms with E-state index in [2.05, 4.69) is 15.3 Å². The monoisotopic (exact) mass is 270 g/mol. The van der Waals surface area contributed by atoms with Gasteiger partial charge in [0.2, 0.25) is 0 Å². The van der Waals surface area contributed by atoms with Gasteiger partial charge in [0, 0.05) is 25.9 Å². The SMILES string of the molecule is COCCOCC(=O)Nc1ccn(CCN(C)C)n1. The summed E-state index contributed by atoms with van der Waals surface area (Å²) in [6.45, 7) is 2.57. The Bertz CT molecular complexity index is 379. The number of likely N-dealkylation sites (N-methyl/N-ethyl adjacent to an activating group) is 1. The highest BCUT2D eigenvalue weighted by Crippen LogP contribution is 2.02. The minimum Gasteiger partial charge on any atom is -0.382 e. The second kappa shape index (κ2) is 8.63. The third-order valence-electron chi connectivity index (χ3n) is 2.35. The molecule has 1 amide bonds. The molecule has 0 radical (unpaired) electrons. The highest BCUT2D eigenvalue weighted by atomic mass is 16.5. The van der Waals surface area contributed by atoms with E-state index in [1.807, 2.05) is 20.3 Å². The minimum absolute atomic E-state index is 0.00785. The third-order valence-corrected chi connectivity index (χ3v) is 2.35. The van der Waals surface area contributed by atoms with Gasteiger partial charge in [0.15, 0.2) is 5.82 Å². The lowest BCUT2D eigenvalue weighted by molar-refractivity contribution is -0.121. The fraction of sp³-hybridized carbons (Fsp3) is 0.667. The van der Waals surface area contributed by atoms with Crippen molar-refractivity contribution in [1.82, 2.24) is 14.7 Å². The number of aromatic nitrogens is 2. The minimum atomic E-state index is -0.214. The van der Waals surface area contributed by atoms with Crippen LogP contribution in [0.25, 0.3) is 0 Å². The van der Waals surface area contributed by atoms with E-state index in [1.54, 1.807) is 17.9 Å². The van der Waals surface area contributed by atoms with Crippen LogP contribution >= 0.6 is 0 Å². The van der Waals surface area contributed by atoms with Crippen LogP contribution in [0, 0.1) is 0 Å². The number of methoxy groups -OCH3 is 1. The summed E-state index contributed by atoms with van der Waals surface area (Å²) >= 11 is 0. The number of hydrogen-bond donors (Lipinski definition) is 1. The number of ether oxygens (including phenoxy) is 2. The second-order valence-corrected chi connectivity index (χ2v) is 4.36. The van der Waals surface area contributed by atoms with Crippen LogP contribution in [0.15, 0.2) is 12.3 Å². The number of anilines is 1. The molecule has 0 fully saturated rings. The van der Waals surface area contributed by atoms with Crippen molar-refractivity contribution in [3.63, 3.8) is 0 Å². The molecule has 7 nitrogen and oxygen atoms in total. The smallest absolute Gasteiger partial charge is 0.251 e. The summed E-state index contributed by atoms with van der Waals surface area (Å²) in [7, 11) is 5.59. The average molecular weight is 270 g/mol. The van der Waals surface area contributed by atoms with E-state index >= 15 is 0 Å². The first-order valence-electron chi connectivity index (χ1n) is 6.16. The van der Waals surface area contributed by atoms with Gasteiger partial charge >= 0.3 is 0 Å². The molecule has 0 aliphatic heterocycles. The Kier molecular flexibility index (Phi) is 7.09. The largest absolute Gasteiger partial charge is 0.382 e. The van der Waals surface area contributed by atoms with Gasteiger partial charge in [0.05, 0.1) is 19.8 Å². The second-order valence-electron chi connectivity index (χ2n) is 4.36. The van der Waals surface area contributed by atoms with Crippen LogP contribution in [0.2, 0.25) is 0 Å². The molecule has 0 aromatic carbocycles. The molecule has 0 saturated carbocycles. The van der Waals surface area contributed by atoms with Gasteiger partial charge < -0.3 is 19.7 Å². The van der Waals surface area contributed by atoms with Crippen molar-refractivity contribution in [1.29, 1.82) is 0 Å². The molecular weight excluding hydrogens is 248 g/mol. The fourth-order valence-electron chi connectivity index (χ4n) is 1.34. The molecule has 7 heteroatoms. The summed E-state index contributed by atoms with van der Waals surface area (Å²) in [5, 5.41) is 6.92. The van der Waals surface area contributed by atoms with E-state index in [4.69, 9.17) is 9.47 Å². The zero-order valence-corrected chi connectivity index (χ0v) is 11.8. The van der Waals surface area contributed by atoms with Crippen molar-refractivity contribution in [2.75, 3.05) is 52.9 Å². The maximum atomic E-state index is 11.5. The topological polar surface area (TPSA) is 68.6 Å². The Hall–Kier alpha value is -1.44. The molecule has 0 aliphatic rings. The molecular formula is C12H22N4O3. The van der Waals surface area contributed by atoms with Crippen molar-refractivity contribution < 1.29 is 14.3 Å². The number of carbonyl (C=O) groups is 1. The molecule has 19 heavy (non-hydrogen) atoms. The summed E-state index contributed by atoms with van der Waals surface area (Å²) in [6.07, 6.45) is 1.84. The zero-order chi connectivity index (χ0) is 14.1. The van der Waals surface area contributed by atoms with Crippen molar-refractivity contribution >= 4 is 11.7 Å². The number of hydrogen-bond acceptors (Lipinski definition) is 5. The van der Waals surface area contributed by atoms with Gasteiger partial charge in [0.25, 0.3) is 5.91 Å². The molecule has 1 N–H and O–H groups in total. The summed E-state index contributed by atoms with van der Waals surface area (Å²) in [4.78, 5) is 13.6. The first kappa shape index (κ1) is 15.6. The van der Waals surface area contributed by atoms with Crippen LogP contribution in [-0.2, 0) is 20.8 Å². The summed E-state index contributed by atoms with van der Waals surface area (Å²) in [6, 6.07) is 1.77. The first-order valence-corrected chi connectivity index (χ1v) is 6.16.